The summed E-state index contributed by atoms with van der Waals surface area (Å²) in [5.41, 5.74) is -0.752. The second-order valence-corrected chi connectivity index (χ2v) is 4.59. The predicted molar refractivity (Wildman–Crippen MR) is 73.0 cm³/mol. The number of alkyl halides is 3. The van der Waals surface area contributed by atoms with Crippen molar-refractivity contribution in [2.24, 2.45) is 0 Å². The van der Waals surface area contributed by atoms with Gasteiger partial charge in [-0.3, -0.25) is 0 Å². The Morgan fingerprint density at radius 3 is 2.45 bits per heavy atom. The predicted octanol–water partition coefficient (Wildman–Crippen LogP) is 4.49. The minimum Gasteiger partial charge on any atom is -0.478 e. The molecule has 1 aromatic heterocycles. The van der Waals surface area contributed by atoms with Crippen molar-refractivity contribution in [2.45, 2.75) is 45.2 Å². The number of hydrogen-bond acceptors (Lipinski definition) is 3. The van der Waals surface area contributed by atoms with Gasteiger partial charge in [-0.25, -0.2) is 0 Å². The molecule has 0 fully saturated rings. The molecule has 0 saturated heterocycles. The highest BCUT2D eigenvalue weighted by molar-refractivity contribution is 5.42. The SMILES string of the molecule is CCCCCCCOc1cc(C(F)(F)F)cc(NC)n1. The van der Waals surface area contributed by atoms with Crippen LogP contribution in [0.4, 0.5) is 19.0 Å². The number of pyridine rings is 1. The number of unbranched alkanes of at least 4 members (excludes halogenated alkanes) is 4. The summed E-state index contributed by atoms with van der Waals surface area (Å²) in [5, 5.41) is 2.61. The lowest BCUT2D eigenvalue weighted by Gasteiger charge is -2.12. The molecule has 6 heteroatoms. The summed E-state index contributed by atoms with van der Waals surface area (Å²) in [6.07, 6.45) is 0.900. The maximum absolute atomic E-state index is 12.7. The molecule has 0 bridgehead atoms. The quantitative estimate of drug-likeness (QED) is 0.716. The molecule has 3 nitrogen and oxygen atoms in total. The van der Waals surface area contributed by atoms with Crippen LogP contribution in [0.2, 0.25) is 0 Å². The van der Waals surface area contributed by atoms with Crippen LogP contribution >= 0.6 is 0 Å². The van der Waals surface area contributed by atoms with E-state index < -0.39 is 11.7 Å². The molecule has 0 aromatic carbocycles. The van der Waals surface area contributed by atoms with Crippen LogP contribution in [-0.2, 0) is 6.18 Å². The molecule has 1 heterocycles. The van der Waals surface area contributed by atoms with E-state index >= 15 is 0 Å². The lowest BCUT2D eigenvalue weighted by Crippen LogP contribution is -2.09. The molecule has 0 atom stereocenters. The molecule has 0 radical (unpaired) electrons. The Morgan fingerprint density at radius 2 is 1.85 bits per heavy atom. The fourth-order valence-electron chi connectivity index (χ4n) is 1.75. The number of aromatic nitrogens is 1. The summed E-state index contributed by atoms with van der Waals surface area (Å²) in [6, 6.07) is 1.90. The lowest BCUT2D eigenvalue weighted by molar-refractivity contribution is -0.137. The maximum atomic E-state index is 12.7. The van der Waals surface area contributed by atoms with E-state index in [1.807, 2.05) is 0 Å². The van der Waals surface area contributed by atoms with Crippen molar-refractivity contribution < 1.29 is 17.9 Å². The van der Waals surface area contributed by atoms with E-state index in [0.717, 1.165) is 37.8 Å². The van der Waals surface area contributed by atoms with Gasteiger partial charge in [-0.2, -0.15) is 18.2 Å². The first-order valence-electron chi connectivity index (χ1n) is 6.87. The normalized spacial score (nSPS) is 11.4. The van der Waals surface area contributed by atoms with Gasteiger partial charge in [0.25, 0.3) is 0 Å². The van der Waals surface area contributed by atoms with Gasteiger partial charge in [-0.15, -0.1) is 0 Å². The largest absolute Gasteiger partial charge is 0.478 e. The summed E-state index contributed by atoms with van der Waals surface area (Å²) in [5.74, 6) is 0.167. The van der Waals surface area contributed by atoms with Gasteiger partial charge in [0.2, 0.25) is 5.88 Å². The molecule has 0 spiro atoms. The molecule has 0 unspecified atom stereocenters. The first-order chi connectivity index (χ1) is 9.47. The fourth-order valence-corrected chi connectivity index (χ4v) is 1.75. The van der Waals surface area contributed by atoms with E-state index in [9.17, 15) is 13.2 Å². The van der Waals surface area contributed by atoms with Gasteiger partial charge in [0, 0.05) is 13.1 Å². The third kappa shape index (κ3) is 5.67. The zero-order valence-corrected chi connectivity index (χ0v) is 11.9. The van der Waals surface area contributed by atoms with E-state index in [-0.39, 0.29) is 11.7 Å². The Balaban J connectivity index is 2.56. The topological polar surface area (TPSA) is 34.1 Å². The van der Waals surface area contributed by atoms with Gasteiger partial charge in [0.1, 0.15) is 5.82 Å². The van der Waals surface area contributed by atoms with E-state index in [1.165, 1.54) is 13.5 Å². The highest BCUT2D eigenvalue weighted by Gasteiger charge is 2.31. The van der Waals surface area contributed by atoms with Crippen molar-refractivity contribution in [3.63, 3.8) is 0 Å². The van der Waals surface area contributed by atoms with Crippen LogP contribution in [0.3, 0.4) is 0 Å². The zero-order chi connectivity index (χ0) is 15.0. The van der Waals surface area contributed by atoms with Crippen molar-refractivity contribution >= 4 is 5.82 Å². The number of ether oxygens (including phenoxy) is 1. The molecular formula is C14H21F3N2O. The Labute approximate surface area is 117 Å². The Hall–Kier alpha value is -1.46. The third-order valence-corrected chi connectivity index (χ3v) is 2.88. The second kappa shape index (κ2) is 7.97. The van der Waals surface area contributed by atoms with Crippen LogP contribution in [0.15, 0.2) is 12.1 Å². The van der Waals surface area contributed by atoms with Gasteiger partial charge in [0.05, 0.1) is 12.2 Å². The molecule has 20 heavy (non-hydrogen) atoms. The van der Waals surface area contributed by atoms with E-state index in [0.29, 0.717) is 6.61 Å². The number of hydrogen-bond donors (Lipinski definition) is 1. The Kier molecular flexibility index (Phi) is 6.61. The third-order valence-electron chi connectivity index (χ3n) is 2.88. The number of halogens is 3. The van der Waals surface area contributed by atoms with E-state index in [1.54, 1.807) is 0 Å². The van der Waals surface area contributed by atoms with Gasteiger partial charge in [0.15, 0.2) is 0 Å². The van der Waals surface area contributed by atoms with Crippen LogP contribution in [0.25, 0.3) is 0 Å². The van der Waals surface area contributed by atoms with Crippen molar-refractivity contribution in [3.05, 3.63) is 17.7 Å². The Morgan fingerprint density at radius 1 is 1.15 bits per heavy atom. The molecule has 114 valence electrons. The van der Waals surface area contributed by atoms with E-state index in [4.69, 9.17) is 4.74 Å². The van der Waals surface area contributed by atoms with Crippen molar-refractivity contribution in [2.75, 3.05) is 19.0 Å². The first-order valence-corrected chi connectivity index (χ1v) is 6.87. The van der Waals surface area contributed by atoms with Gasteiger partial charge in [-0.05, 0) is 12.5 Å². The molecule has 0 aliphatic rings. The molecule has 1 rings (SSSR count). The van der Waals surface area contributed by atoms with Crippen LogP contribution < -0.4 is 10.1 Å². The van der Waals surface area contributed by atoms with Gasteiger partial charge < -0.3 is 10.1 Å². The molecule has 1 aromatic rings. The molecule has 0 saturated carbocycles. The fraction of sp³-hybridized carbons (Fsp3) is 0.643. The second-order valence-electron chi connectivity index (χ2n) is 4.59. The molecular weight excluding hydrogens is 269 g/mol. The highest BCUT2D eigenvalue weighted by atomic mass is 19.4. The van der Waals surface area contributed by atoms with Crippen LogP contribution in [-0.4, -0.2) is 18.6 Å². The van der Waals surface area contributed by atoms with Crippen molar-refractivity contribution in [1.82, 2.24) is 4.98 Å². The molecule has 0 aliphatic carbocycles. The van der Waals surface area contributed by atoms with Crippen molar-refractivity contribution in [3.8, 4) is 5.88 Å². The number of anilines is 1. The lowest BCUT2D eigenvalue weighted by atomic mass is 10.2. The standard InChI is InChI=1S/C14H21F3N2O/c1-3-4-5-6-7-8-20-13-10-11(14(15,16)17)9-12(18-2)19-13/h9-10H,3-8H2,1-2H3,(H,18,19). The van der Waals surface area contributed by atoms with E-state index in [2.05, 4.69) is 17.2 Å². The molecule has 1 N–H and O–H groups in total. The summed E-state index contributed by atoms with van der Waals surface area (Å²) in [7, 11) is 1.52. The number of nitrogens with one attached hydrogen (secondary N) is 1. The average Bonchev–Trinajstić information content (AvgIpc) is 2.41. The maximum Gasteiger partial charge on any atom is 0.416 e. The minimum absolute atomic E-state index is 0.0136. The number of rotatable bonds is 8. The zero-order valence-electron chi connectivity index (χ0n) is 11.9. The van der Waals surface area contributed by atoms with Crippen molar-refractivity contribution in [1.29, 1.82) is 0 Å². The van der Waals surface area contributed by atoms with Crippen LogP contribution in [0.1, 0.15) is 44.6 Å². The van der Waals surface area contributed by atoms with Gasteiger partial charge in [-0.1, -0.05) is 32.6 Å². The summed E-state index contributed by atoms with van der Waals surface area (Å²) in [4.78, 5) is 3.97. The average molecular weight is 290 g/mol. The Bertz CT molecular complexity index is 408. The van der Waals surface area contributed by atoms with Crippen LogP contribution in [0, 0.1) is 0 Å². The minimum atomic E-state index is -4.40. The smallest absolute Gasteiger partial charge is 0.416 e. The highest BCUT2D eigenvalue weighted by Crippen LogP contribution is 2.32. The van der Waals surface area contributed by atoms with Gasteiger partial charge >= 0.3 is 6.18 Å². The molecule has 0 amide bonds. The molecule has 0 aliphatic heterocycles. The van der Waals surface area contributed by atoms with Crippen LogP contribution in [0.5, 0.6) is 5.88 Å². The summed E-state index contributed by atoms with van der Waals surface area (Å²) in [6.45, 7) is 2.52. The summed E-state index contributed by atoms with van der Waals surface area (Å²) < 4.78 is 43.4. The first kappa shape index (κ1) is 16.6. The monoisotopic (exact) mass is 290 g/mol. The number of nitrogens with zero attached hydrogens (tertiary/aromatic N) is 1. The summed E-state index contributed by atoms with van der Waals surface area (Å²) >= 11 is 0.